The lowest BCUT2D eigenvalue weighted by Crippen LogP contribution is -2.33. The standard InChI is InChI=1S/C12H16ClFN2/c13-10-7-3-6-9(11(10)14)12(16-15)8-4-1-2-5-8/h3,6-8,12,16H,1-2,4-5,15H2. The van der Waals surface area contributed by atoms with Gasteiger partial charge in [0.05, 0.1) is 11.1 Å². The Labute approximate surface area is 99.9 Å². The number of hydrogen-bond donors (Lipinski definition) is 2. The van der Waals surface area contributed by atoms with Crippen LogP contribution in [-0.2, 0) is 0 Å². The molecule has 4 heteroatoms. The Bertz CT molecular complexity index is 364. The fraction of sp³-hybridized carbons (Fsp3) is 0.500. The van der Waals surface area contributed by atoms with Crippen molar-refractivity contribution in [3.63, 3.8) is 0 Å². The van der Waals surface area contributed by atoms with Crippen molar-refractivity contribution in [3.8, 4) is 0 Å². The predicted molar refractivity (Wildman–Crippen MR) is 63.4 cm³/mol. The van der Waals surface area contributed by atoms with E-state index in [1.807, 2.05) is 0 Å². The smallest absolute Gasteiger partial charge is 0.146 e. The van der Waals surface area contributed by atoms with Crippen molar-refractivity contribution < 1.29 is 4.39 Å². The van der Waals surface area contributed by atoms with Gasteiger partial charge in [0.25, 0.3) is 0 Å². The number of rotatable bonds is 3. The van der Waals surface area contributed by atoms with Crippen LogP contribution in [0, 0.1) is 11.7 Å². The molecule has 0 bridgehead atoms. The SMILES string of the molecule is NNC(c1cccc(Cl)c1F)C1CCCC1. The number of halogens is 2. The lowest BCUT2D eigenvalue weighted by molar-refractivity contribution is 0.362. The van der Waals surface area contributed by atoms with Gasteiger partial charge in [0.2, 0.25) is 0 Å². The fourth-order valence-electron chi connectivity index (χ4n) is 2.53. The molecule has 0 heterocycles. The molecule has 0 spiro atoms. The third-order valence-corrected chi connectivity index (χ3v) is 3.66. The van der Waals surface area contributed by atoms with Crippen LogP contribution < -0.4 is 11.3 Å². The van der Waals surface area contributed by atoms with Gasteiger partial charge < -0.3 is 0 Å². The molecule has 0 radical (unpaired) electrons. The maximum atomic E-state index is 13.9. The molecule has 16 heavy (non-hydrogen) atoms. The first kappa shape index (κ1) is 11.8. The Kier molecular flexibility index (Phi) is 3.79. The number of nitrogens with one attached hydrogen (secondary N) is 1. The van der Waals surface area contributed by atoms with E-state index in [1.54, 1.807) is 18.2 Å². The quantitative estimate of drug-likeness (QED) is 0.631. The van der Waals surface area contributed by atoms with Crippen molar-refractivity contribution in [1.82, 2.24) is 5.43 Å². The van der Waals surface area contributed by atoms with Crippen molar-refractivity contribution >= 4 is 11.6 Å². The molecule has 1 atom stereocenters. The van der Waals surface area contributed by atoms with Crippen LogP contribution in [0.3, 0.4) is 0 Å². The minimum Gasteiger partial charge on any atom is -0.271 e. The Morgan fingerprint density at radius 2 is 2.06 bits per heavy atom. The molecule has 3 N–H and O–H groups in total. The van der Waals surface area contributed by atoms with Gasteiger partial charge in [-0.1, -0.05) is 36.6 Å². The third-order valence-electron chi connectivity index (χ3n) is 3.37. The summed E-state index contributed by atoms with van der Waals surface area (Å²) >= 11 is 5.78. The van der Waals surface area contributed by atoms with E-state index in [1.165, 1.54) is 12.8 Å². The summed E-state index contributed by atoms with van der Waals surface area (Å²) in [6.45, 7) is 0. The molecule has 0 saturated heterocycles. The summed E-state index contributed by atoms with van der Waals surface area (Å²) in [5.41, 5.74) is 3.31. The average molecular weight is 243 g/mol. The lowest BCUT2D eigenvalue weighted by Gasteiger charge is -2.23. The minimum atomic E-state index is -0.348. The highest BCUT2D eigenvalue weighted by Gasteiger charge is 2.27. The summed E-state index contributed by atoms with van der Waals surface area (Å²) in [6, 6.07) is 4.95. The Hall–Kier alpha value is -0.640. The molecule has 2 nitrogen and oxygen atoms in total. The van der Waals surface area contributed by atoms with Gasteiger partial charge in [0.1, 0.15) is 5.82 Å². The highest BCUT2D eigenvalue weighted by molar-refractivity contribution is 6.30. The van der Waals surface area contributed by atoms with Crippen molar-refractivity contribution in [3.05, 3.63) is 34.6 Å². The van der Waals surface area contributed by atoms with Gasteiger partial charge in [-0.15, -0.1) is 0 Å². The molecule has 1 unspecified atom stereocenters. The third kappa shape index (κ3) is 2.21. The zero-order chi connectivity index (χ0) is 11.5. The van der Waals surface area contributed by atoms with E-state index in [0.29, 0.717) is 11.5 Å². The second-order valence-corrected chi connectivity index (χ2v) is 4.74. The predicted octanol–water partition coefficient (Wildman–Crippen LogP) is 3.17. The molecule has 1 aromatic rings. The van der Waals surface area contributed by atoms with Crippen molar-refractivity contribution in [2.24, 2.45) is 11.8 Å². The van der Waals surface area contributed by atoms with Crippen LogP contribution in [0.2, 0.25) is 5.02 Å². The normalized spacial score (nSPS) is 18.9. The number of hydrogen-bond acceptors (Lipinski definition) is 2. The summed E-state index contributed by atoms with van der Waals surface area (Å²) in [5.74, 6) is 5.61. The number of nitrogens with two attached hydrogens (primary N) is 1. The Morgan fingerprint density at radius 1 is 1.38 bits per heavy atom. The van der Waals surface area contributed by atoms with E-state index in [2.05, 4.69) is 5.43 Å². The van der Waals surface area contributed by atoms with Crippen LogP contribution >= 0.6 is 11.6 Å². The van der Waals surface area contributed by atoms with Crippen LogP contribution in [-0.4, -0.2) is 0 Å². The molecular formula is C12H16ClFN2. The molecule has 1 aliphatic rings. The fourth-order valence-corrected chi connectivity index (χ4v) is 2.71. The van der Waals surface area contributed by atoms with E-state index in [0.717, 1.165) is 12.8 Å². The Morgan fingerprint density at radius 3 is 2.69 bits per heavy atom. The van der Waals surface area contributed by atoms with Crippen molar-refractivity contribution in [2.75, 3.05) is 0 Å². The second kappa shape index (κ2) is 5.13. The average Bonchev–Trinajstić information content (AvgIpc) is 2.79. The van der Waals surface area contributed by atoms with Gasteiger partial charge in [-0.2, -0.15) is 0 Å². The second-order valence-electron chi connectivity index (χ2n) is 4.33. The first-order chi connectivity index (χ1) is 7.74. The molecule has 2 rings (SSSR count). The van der Waals surface area contributed by atoms with Gasteiger partial charge in [-0.05, 0) is 24.8 Å². The summed E-state index contributed by atoms with van der Waals surface area (Å²) < 4.78 is 13.9. The summed E-state index contributed by atoms with van der Waals surface area (Å²) in [4.78, 5) is 0. The van der Waals surface area contributed by atoms with Gasteiger partial charge >= 0.3 is 0 Å². The van der Waals surface area contributed by atoms with Crippen LogP contribution in [0.15, 0.2) is 18.2 Å². The lowest BCUT2D eigenvalue weighted by atomic mass is 9.92. The minimum absolute atomic E-state index is 0.124. The van der Waals surface area contributed by atoms with Crippen LogP contribution in [0.25, 0.3) is 0 Å². The molecule has 0 aliphatic heterocycles. The molecular weight excluding hydrogens is 227 g/mol. The molecule has 0 amide bonds. The first-order valence-corrected chi connectivity index (χ1v) is 6.02. The van der Waals surface area contributed by atoms with Gasteiger partial charge in [-0.25, -0.2) is 4.39 Å². The highest BCUT2D eigenvalue weighted by Crippen LogP contribution is 2.37. The van der Waals surface area contributed by atoms with Crippen LogP contribution in [0.5, 0.6) is 0 Å². The van der Waals surface area contributed by atoms with Crippen molar-refractivity contribution in [1.29, 1.82) is 0 Å². The van der Waals surface area contributed by atoms with Gasteiger partial charge in [0, 0.05) is 5.56 Å². The van der Waals surface area contributed by atoms with Gasteiger partial charge in [-0.3, -0.25) is 11.3 Å². The van der Waals surface area contributed by atoms with E-state index in [9.17, 15) is 4.39 Å². The maximum absolute atomic E-state index is 13.9. The largest absolute Gasteiger partial charge is 0.271 e. The van der Waals surface area contributed by atoms with E-state index in [-0.39, 0.29) is 16.9 Å². The first-order valence-electron chi connectivity index (χ1n) is 5.64. The monoisotopic (exact) mass is 242 g/mol. The molecule has 0 aromatic heterocycles. The topological polar surface area (TPSA) is 38.0 Å². The summed E-state index contributed by atoms with van der Waals surface area (Å²) in [7, 11) is 0. The number of hydrazine groups is 1. The molecule has 1 aromatic carbocycles. The van der Waals surface area contributed by atoms with E-state index >= 15 is 0 Å². The van der Waals surface area contributed by atoms with E-state index < -0.39 is 0 Å². The van der Waals surface area contributed by atoms with Crippen molar-refractivity contribution in [2.45, 2.75) is 31.7 Å². The molecule has 88 valence electrons. The zero-order valence-electron chi connectivity index (χ0n) is 9.05. The number of benzene rings is 1. The van der Waals surface area contributed by atoms with Crippen LogP contribution in [0.1, 0.15) is 37.3 Å². The summed E-state index contributed by atoms with van der Waals surface area (Å²) in [6.07, 6.45) is 4.59. The van der Waals surface area contributed by atoms with Gasteiger partial charge in [0.15, 0.2) is 0 Å². The van der Waals surface area contributed by atoms with E-state index in [4.69, 9.17) is 17.4 Å². The van der Waals surface area contributed by atoms with Crippen LogP contribution in [0.4, 0.5) is 4.39 Å². The summed E-state index contributed by atoms with van der Waals surface area (Å²) in [5, 5.41) is 0.163. The molecule has 1 fully saturated rings. The Balaban J connectivity index is 2.28. The molecule has 1 saturated carbocycles. The zero-order valence-corrected chi connectivity index (χ0v) is 9.80. The maximum Gasteiger partial charge on any atom is 0.146 e. The highest BCUT2D eigenvalue weighted by atomic mass is 35.5. The molecule has 1 aliphatic carbocycles.